The predicted molar refractivity (Wildman–Crippen MR) is 111 cm³/mol. The number of amides is 4. The molecule has 0 bridgehead atoms. The van der Waals surface area contributed by atoms with Crippen LogP contribution in [0.25, 0.3) is 0 Å². The Bertz CT molecular complexity index is 951. The van der Waals surface area contributed by atoms with Gasteiger partial charge in [-0.15, -0.1) is 0 Å². The minimum atomic E-state index is -1.23. The van der Waals surface area contributed by atoms with Crippen LogP contribution in [0.2, 0.25) is 5.02 Å². The summed E-state index contributed by atoms with van der Waals surface area (Å²) in [5.41, 5.74) is 0.522. The normalized spacial score (nSPS) is 19.3. The molecule has 1 aromatic carbocycles. The molecule has 1 aliphatic heterocycles. The number of urea groups is 1. The molecular weight excluding hydrogens is 392 g/mol. The number of aromatic nitrogens is 1. The van der Waals surface area contributed by atoms with E-state index >= 15 is 0 Å². The fraction of sp³-hybridized carbons (Fsp3) is 0.333. The SMILES string of the molecule is CC(C)(C)c1ccc(C2(C)NC(=O)N(CC(=O)Nc3ccc(Cl)cn3)C2=O)cc1. The van der Waals surface area contributed by atoms with Crippen LogP contribution in [-0.4, -0.2) is 34.3 Å². The zero-order valence-electron chi connectivity index (χ0n) is 16.7. The van der Waals surface area contributed by atoms with Gasteiger partial charge in [0.25, 0.3) is 5.91 Å². The van der Waals surface area contributed by atoms with E-state index in [1.54, 1.807) is 13.0 Å². The predicted octanol–water partition coefficient (Wildman–Crippen LogP) is 3.44. The molecule has 2 heterocycles. The summed E-state index contributed by atoms with van der Waals surface area (Å²) >= 11 is 5.77. The highest BCUT2D eigenvalue weighted by Crippen LogP contribution is 2.31. The molecule has 2 aromatic rings. The summed E-state index contributed by atoms with van der Waals surface area (Å²) in [6.07, 6.45) is 1.39. The molecule has 1 unspecified atom stereocenters. The molecule has 1 saturated heterocycles. The van der Waals surface area contributed by atoms with E-state index in [4.69, 9.17) is 11.6 Å². The van der Waals surface area contributed by atoms with Crippen molar-refractivity contribution >= 4 is 35.3 Å². The van der Waals surface area contributed by atoms with Crippen molar-refractivity contribution < 1.29 is 14.4 Å². The van der Waals surface area contributed by atoms with Crippen LogP contribution in [0, 0.1) is 0 Å². The van der Waals surface area contributed by atoms with E-state index in [-0.39, 0.29) is 11.2 Å². The lowest BCUT2D eigenvalue weighted by Gasteiger charge is -2.24. The zero-order valence-corrected chi connectivity index (χ0v) is 17.5. The highest BCUT2D eigenvalue weighted by Gasteiger charge is 2.49. The van der Waals surface area contributed by atoms with Crippen molar-refractivity contribution in [3.8, 4) is 0 Å². The number of anilines is 1. The van der Waals surface area contributed by atoms with E-state index in [0.717, 1.165) is 10.5 Å². The molecule has 3 rings (SSSR count). The van der Waals surface area contributed by atoms with Gasteiger partial charge < -0.3 is 10.6 Å². The summed E-state index contributed by atoms with van der Waals surface area (Å²) in [5, 5.41) is 5.69. The molecule has 1 aliphatic rings. The standard InChI is InChI=1S/C21H23ClN4O3/c1-20(2,3)13-5-7-14(8-6-13)21(4)18(28)26(19(29)25-21)12-17(27)24-16-10-9-15(22)11-23-16/h5-11H,12H2,1-4H3,(H,25,29)(H,23,24,27). The third-order valence-corrected chi connectivity index (χ3v) is 5.12. The highest BCUT2D eigenvalue weighted by atomic mass is 35.5. The summed E-state index contributed by atoms with van der Waals surface area (Å²) in [7, 11) is 0. The Balaban J connectivity index is 1.74. The number of hydrogen-bond donors (Lipinski definition) is 2. The molecule has 8 heteroatoms. The van der Waals surface area contributed by atoms with Gasteiger partial charge >= 0.3 is 6.03 Å². The van der Waals surface area contributed by atoms with Crippen molar-refractivity contribution in [1.82, 2.24) is 15.2 Å². The number of halogens is 1. The number of nitrogens with one attached hydrogen (secondary N) is 2. The van der Waals surface area contributed by atoms with Crippen molar-refractivity contribution in [2.24, 2.45) is 0 Å². The number of nitrogens with zero attached hydrogens (tertiary/aromatic N) is 2. The second-order valence-corrected chi connectivity index (χ2v) is 8.62. The fourth-order valence-corrected chi connectivity index (χ4v) is 3.23. The number of benzene rings is 1. The zero-order chi connectivity index (χ0) is 21.4. The number of pyridine rings is 1. The van der Waals surface area contributed by atoms with Crippen molar-refractivity contribution in [3.63, 3.8) is 0 Å². The summed E-state index contributed by atoms with van der Waals surface area (Å²) in [5.74, 6) is -0.729. The van der Waals surface area contributed by atoms with Gasteiger partial charge in [-0.05, 0) is 35.6 Å². The molecule has 1 aromatic heterocycles. The van der Waals surface area contributed by atoms with Gasteiger partial charge in [0.05, 0.1) is 5.02 Å². The maximum Gasteiger partial charge on any atom is 0.325 e. The number of carbonyl (C=O) groups is 3. The van der Waals surface area contributed by atoms with Gasteiger partial charge in [0.1, 0.15) is 17.9 Å². The summed E-state index contributed by atoms with van der Waals surface area (Å²) in [6.45, 7) is 7.52. The van der Waals surface area contributed by atoms with Crippen LogP contribution in [0.15, 0.2) is 42.6 Å². The number of hydrogen-bond acceptors (Lipinski definition) is 4. The summed E-state index contributed by atoms with van der Waals surface area (Å²) in [4.78, 5) is 42.6. The Morgan fingerprint density at radius 2 is 1.83 bits per heavy atom. The van der Waals surface area contributed by atoms with Crippen LogP contribution in [0.5, 0.6) is 0 Å². The third-order valence-electron chi connectivity index (χ3n) is 4.90. The number of imide groups is 1. The van der Waals surface area contributed by atoms with Gasteiger partial charge in [0.15, 0.2) is 0 Å². The van der Waals surface area contributed by atoms with Crippen LogP contribution in [0.4, 0.5) is 10.6 Å². The maximum atomic E-state index is 13.0. The molecule has 152 valence electrons. The van der Waals surface area contributed by atoms with E-state index in [9.17, 15) is 14.4 Å². The first-order valence-electron chi connectivity index (χ1n) is 9.17. The molecular formula is C21H23ClN4O3. The Hall–Kier alpha value is -2.93. The van der Waals surface area contributed by atoms with E-state index in [0.29, 0.717) is 10.6 Å². The van der Waals surface area contributed by atoms with Crippen LogP contribution in [0.3, 0.4) is 0 Å². The van der Waals surface area contributed by atoms with Crippen LogP contribution in [0.1, 0.15) is 38.8 Å². The average Bonchev–Trinajstić information content (AvgIpc) is 2.87. The lowest BCUT2D eigenvalue weighted by molar-refractivity contribution is -0.133. The molecule has 29 heavy (non-hydrogen) atoms. The molecule has 0 saturated carbocycles. The molecule has 4 amide bonds. The quantitative estimate of drug-likeness (QED) is 0.749. The summed E-state index contributed by atoms with van der Waals surface area (Å²) < 4.78 is 0. The number of rotatable bonds is 4. The average molecular weight is 415 g/mol. The Morgan fingerprint density at radius 3 is 2.38 bits per heavy atom. The molecule has 0 aliphatic carbocycles. The van der Waals surface area contributed by atoms with Crippen molar-refractivity contribution in [2.75, 3.05) is 11.9 Å². The molecule has 1 fully saturated rings. The first-order chi connectivity index (χ1) is 13.5. The van der Waals surface area contributed by atoms with Gasteiger partial charge in [-0.1, -0.05) is 56.6 Å². The molecule has 7 nitrogen and oxygen atoms in total. The minimum Gasteiger partial charge on any atom is -0.319 e. The van der Waals surface area contributed by atoms with E-state index in [1.807, 2.05) is 24.3 Å². The van der Waals surface area contributed by atoms with Crippen LogP contribution < -0.4 is 10.6 Å². The van der Waals surface area contributed by atoms with Crippen molar-refractivity contribution in [3.05, 3.63) is 58.7 Å². The van der Waals surface area contributed by atoms with E-state index in [2.05, 4.69) is 36.4 Å². The molecule has 0 spiro atoms. The van der Waals surface area contributed by atoms with Crippen LogP contribution in [-0.2, 0) is 20.5 Å². The van der Waals surface area contributed by atoms with Gasteiger partial charge in [-0.3, -0.25) is 14.5 Å². The highest BCUT2D eigenvalue weighted by molar-refractivity contribution is 6.30. The van der Waals surface area contributed by atoms with E-state index < -0.39 is 29.9 Å². The van der Waals surface area contributed by atoms with Gasteiger partial charge in [0.2, 0.25) is 5.91 Å². The Kier molecular flexibility index (Phi) is 5.36. The van der Waals surface area contributed by atoms with E-state index in [1.165, 1.54) is 12.3 Å². The summed E-state index contributed by atoms with van der Waals surface area (Å²) in [6, 6.07) is 10.1. The Labute approximate surface area is 174 Å². The lowest BCUT2D eigenvalue weighted by Crippen LogP contribution is -2.42. The second-order valence-electron chi connectivity index (χ2n) is 8.18. The fourth-order valence-electron chi connectivity index (χ4n) is 3.12. The number of carbonyl (C=O) groups excluding carboxylic acids is 3. The maximum absolute atomic E-state index is 13.0. The largest absolute Gasteiger partial charge is 0.325 e. The van der Waals surface area contributed by atoms with Crippen LogP contribution >= 0.6 is 11.6 Å². The third kappa shape index (κ3) is 4.24. The van der Waals surface area contributed by atoms with Crippen molar-refractivity contribution in [1.29, 1.82) is 0 Å². The van der Waals surface area contributed by atoms with Gasteiger partial charge in [0, 0.05) is 6.20 Å². The second kappa shape index (κ2) is 7.48. The first kappa shape index (κ1) is 20.8. The molecule has 1 atom stereocenters. The van der Waals surface area contributed by atoms with Crippen molar-refractivity contribution in [2.45, 2.75) is 38.6 Å². The molecule has 2 N–H and O–H groups in total. The molecule has 0 radical (unpaired) electrons. The minimum absolute atomic E-state index is 0.0256. The smallest absolute Gasteiger partial charge is 0.319 e. The first-order valence-corrected chi connectivity index (χ1v) is 9.55. The van der Waals surface area contributed by atoms with Gasteiger partial charge in [-0.25, -0.2) is 9.78 Å². The topological polar surface area (TPSA) is 91.4 Å². The Morgan fingerprint density at radius 1 is 1.17 bits per heavy atom. The monoisotopic (exact) mass is 414 g/mol. The lowest BCUT2D eigenvalue weighted by atomic mass is 9.84. The van der Waals surface area contributed by atoms with Gasteiger partial charge in [-0.2, -0.15) is 0 Å².